The molecule has 0 aromatic heterocycles. The van der Waals surface area contributed by atoms with Crippen LogP contribution in [0.4, 0.5) is 20.2 Å². The van der Waals surface area contributed by atoms with Crippen LogP contribution in [0.1, 0.15) is 18.4 Å². The van der Waals surface area contributed by atoms with Gasteiger partial charge in [0.1, 0.15) is 13.2 Å². The molecule has 8 heteroatoms. The van der Waals surface area contributed by atoms with Crippen molar-refractivity contribution in [1.29, 1.82) is 0 Å². The number of hydrogen-bond donors (Lipinski definition) is 1. The predicted molar refractivity (Wildman–Crippen MR) is 92.8 cm³/mol. The zero-order valence-corrected chi connectivity index (χ0v) is 14.2. The number of halogens is 2. The predicted octanol–water partition coefficient (Wildman–Crippen LogP) is 2.77. The summed E-state index contributed by atoms with van der Waals surface area (Å²) in [7, 11) is 0. The molecule has 1 aliphatic heterocycles. The maximum Gasteiger partial charge on any atom is 0.306 e. The molecule has 0 spiro atoms. The Bertz CT molecular complexity index is 901. The Labute approximate surface area is 153 Å². The highest BCUT2D eigenvalue weighted by Gasteiger charge is 2.26. The first kappa shape index (κ1) is 18.5. The molecule has 1 aliphatic rings. The standard InChI is InChI=1S/C19H16F2N2O4/c20-13-5-3-4-12(19(13)21)11-27-18(26)9-8-17(25)23-10-16(24)22-14-6-1-2-7-15(14)23/h1-7H,8-11H2,(H,22,24). The second-order valence-electron chi connectivity index (χ2n) is 5.92. The number of carbonyl (C=O) groups excluding carboxylic acids is 3. The lowest BCUT2D eigenvalue weighted by Crippen LogP contribution is -2.42. The van der Waals surface area contributed by atoms with Crippen molar-refractivity contribution in [3.63, 3.8) is 0 Å². The Hall–Kier alpha value is -3.29. The van der Waals surface area contributed by atoms with Crippen LogP contribution in [-0.4, -0.2) is 24.3 Å². The molecule has 1 heterocycles. The van der Waals surface area contributed by atoms with Crippen LogP contribution in [0.2, 0.25) is 0 Å². The van der Waals surface area contributed by atoms with Crippen LogP contribution in [-0.2, 0) is 25.7 Å². The third kappa shape index (κ3) is 4.28. The molecule has 6 nitrogen and oxygen atoms in total. The van der Waals surface area contributed by atoms with E-state index in [-0.39, 0.29) is 30.9 Å². The van der Waals surface area contributed by atoms with E-state index in [0.717, 1.165) is 6.07 Å². The lowest BCUT2D eigenvalue weighted by atomic mass is 10.1. The lowest BCUT2D eigenvalue weighted by Gasteiger charge is -2.29. The third-order valence-corrected chi connectivity index (χ3v) is 4.03. The van der Waals surface area contributed by atoms with Crippen molar-refractivity contribution in [3.8, 4) is 0 Å². The van der Waals surface area contributed by atoms with Gasteiger partial charge in [-0.3, -0.25) is 14.4 Å². The van der Waals surface area contributed by atoms with Crippen molar-refractivity contribution in [2.45, 2.75) is 19.4 Å². The number of nitrogens with one attached hydrogen (secondary N) is 1. The monoisotopic (exact) mass is 374 g/mol. The summed E-state index contributed by atoms with van der Waals surface area (Å²) < 4.78 is 31.5. The van der Waals surface area contributed by atoms with Crippen molar-refractivity contribution < 1.29 is 27.9 Å². The van der Waals surface area contributed by atoms with Crippen LogP contribution in [0.15, 0.2) is 42.5 Å². The summed E-state index contributed by atoms with van der Waals surface area (Å²) in [5.41, 5.74) is 0.986. The smallest absolute Gasteiger partial charge is 0.306 e. The van der Waals surface area contributed by atoms with E-state index in [9.17, 15) is 23.2 Å². The highest BCUT2D eigenvalue weighted by molar-refractivity contribution is 6.10. The molecule has 1 N–H and O–H groups in total. The van der Waals surface area contributed by atoms with Crippen LogP contribution in [0.25, 0.3) is 0 Å². The summed E-state index contributed by atoms with van der Waals surface area (Å²) in [6.07, 6.45) is -0.415. The van der Waals surface area contributed by atoms with Gasteiger partial charge in [0.05, 0.1) is 17.8 Å². The average Bonchev–Trinajstić information content (AvgIpc) is 2.66. The first-order valence-electron chi connectivity index (χ1n) is 8.23. The molecule has 3 rings (SSSR count). The summed E-state index contributed by atoms with van der Waals surface area (Å²) in [6.45, 7) is -0.565. The molecular formula is C19H16F2N2O4. The molecule has 2 amide bonds. The van der Waals surface area contributed by atoms with Crippen molar-refractivity contribution >= 4 is 29.2 Å². The molecule has 0 saturated carbocycles. The highest BCUT2D eigenvalue weighted by atomic mass is 19.2. The van der Waals surface area contributed by atoms with Crippen molar-refractivity contribution in [2.24, 2.45) is 0 Å². The number of esters is 1. The zero-order valence-electron chi connectivity index (χ0n) is 14.2. The molecule has 140 valence electrons. The van der Waals surface area contributed by atoms with Gasteiger partial charge in [0.15, 0.2) is 11.6 Å². The zero-order chi connectivity index (χ0) is 19.4. The number of carbonyl (C=O) groups is 3. The fraction of sp³-hybridized carbons (Fsp3) is 0.211. The van der Waals surface area contributed by atoms with Gasteiger partial charge in [0, 0.05) is 12.0 Å². The number of nitrogens with zero attached hydrogens (tertiary/aromatic N) is 1. The molecule has 2 aromatic carbocycles. The fourth-order valence-corrected chi connectivity index (χ4v) is 2.69. The maximum atomic E-state index is 13.5. The van der Waals surface area contributed by atoms with Gasteiger partial charge in [-0.15, -0.1) is 0 Å². The normalized spacial score (nSPS) is 13.0. The van der Waals surface area contributed by atoms with Crippen LogP contribution < -0.4 is 10.2 Å². The Morgan fingerprint density at radius 2 is 1.85 bits per heavy atom. The van der Waals surface area contributed by atoms with Crippen molar-refractivity contribution in [1.82, 2.24) is 0 Å². The molecule has 27 heavy (non-hydrogen) atoms. The molecule has 0 atom stereocenters. The molecule has 0 radical (unpaired) electrons. The number of benzene rings is 2. The van der Waals surface area contributed by atoms with Gasteiger partial charge in [-0.1, -0.05) is 24.3 Å². The molecule has 0 unspecified atom stereocenters. The van der Waals surface area contributed by atoms with E-state index in [1.165, 1.54) is 17.0 Å². The minimum Gasteiger partial charge on any atom is -0.461 e. The van der Waals surface area contributed by atoms with Crippen LogP contribution in [0.3, 0.4) is 0 Å². The van der Waals surface area contributed by atoms with Gasteiger partial charge in [0.2, 0.25) is 11.8 Å². The Balaban J connectivity index is 1.55. The number of para-hydroxylation sites is 2. The molecule has 0 saturated heterocycles. The summed E-state index contributed by atoms with van der Waals surface area (Å²) >= 11 is 0. The minimum atomic E-state index is -1.07. The second kappa shape index (κ2) is 7.94. The van der Waals surface area contributed by atoms with Crippen LogP contribution >= 0.6 is 0 Å². The molecule has 0 bridgehead atoms. The number of hydrogen-bond acceptors (Lipinski definition) is 4. The SMILES string of the molecule is O=C1CN(C(=O)CCC(=O)OCc2cccc(F)c2F)c2ccccc2N1. The average molecular weight is 374 g/mol. The highest BCUT2D eigenvalue weighted by Crippen LogP contribution is 2.29. The number of rotatable bonds is 5. The van der Waals surface area contributed by atoms with Gasteiger partial charge >= 0.3 is 5.97 Å². The largest absolute Gasteiger partial charge is 0.461 e. The summed E-state index contributed by atoms with van der Waals surface area (Å²) in [6, 6.07) is 10.4. The summed E-state index contributed by atoms with van der Waals surface area (Å²) in [5, 5.41) is 2.67. The quantitative estimate of drug-likeness (QED) is 0.817. The van der Waals surface area contributed by atoms with Crippen molar-refractivity contribution in [2.75, 3.05) is 16.8 Å². The minimum absolute atomic E-state index is 0.0868. The number of fused-ring (bicyclic) bond motifs is 1. The van der Waals surface area contributed by atoms with E-state index in [0.29, 0.717) is 11.4 Å². The van der Waals surface area contributed by atoms with Gasteiger partial charge in [-0.05, 0) is 18.2 Å². The number of ether oxygens (including phenoxy) is 1. The molecule has 0 aliphatic carbocycles. The van der Waals surface area contributed by atoms with E-state index < -0.39 is 30.1 Å². The second-order valence-corrected chi connectivity index (χ2v) is 5.92. The number of anilines is 2. The summed E-state index contributed by atoms with van der Waals surface area (Å²) in [5.74, 6) is -3.56. The van der Waals surface area contributed by atoms with Gasteiger partial charge in [-0.25, -0.2) is 8.78 Å². The van der Waals surface area contributed by atoms with E-state index in [1.54, 1.807) is 24.3 Å². The summed E-state index contributed by atoms with van der Waals surface area (Å²) in [4.78, 5) is 37.3. The Kier molecular flexibility index (Phi) is 5.44. The van der Waals surface area contributed by atoms with Crippen LogP contribution in [0, 0.1) is 11.6 Å². The van der Waals surface area contributed by atoms with E-state index in [2.05, 4.69) is 5.32 Å². The van der Waals surface area contributed by atoms with E-state index in [1.807, 2.05) is 0 Å². The Morgan fingerprint density at radius 3 is 2.67 bits per heavy atom. The molecular weight excluding hydrogens is 358 g/mol. The fourth-order valence-electron chi connectivity index (χ4n) is 2.69. The maximum absolute atomic E-state index is 13.5. The number of amides is 2. The van der Waals surface area contributed by atoms with Crippen molar-refractivity contribution in [3.05, 3.63) is 59.7 Å². The Morgan fingerprint density at radius 1 is 1.07 bits per heavy atom. The lowest BCUT2D eigenvalue weighted by molar-refractivity contribution is -0.146. The first-order chi connectivity index (χ1) is 13.0. The van der Waals surface area contributed by atoms with E-state index in [4.69, 9.17) is 4.74 Å². The van der Waals surface area contributed by atoms with Gasteiger partial charge in [0.25, 0.3) is 0 Å². The first-order valence-corrected chi connectivity index (χ1v) is 8.23. The van der Waals surface area contributed by atoms with Gasteiger partial charge < -0.3 is 15.0 Å². The van der Waals surface area contributed by atoms with Crippen LogP contribution in [0.5, 0.6) is 0 Å². The van der Waals surface area contributed by atoms with E-state index >= 15 is 0 Å². The van der Waals surface area contributed by atoms with Gasteiger partial charge in [-0.2, -0.15) is 0 Å². The molecule has 0 fully saturated rings. The topological polar surface area (TPSA) is 75.7 Å². The molecule has 2 aromatic rings. The third-order valence-electron chi connectivity index (χ3n) is 4.03.